The van der Waals surface area contributed by atoms with Gasteiger partial charge in [-0.3, -0.25) is 0 Å². The Morgan fingerprint density at radius 1 is 1.50 bits per heavy atom. The van der Waals surface area contributed by atoms with E-state index in [1.165, 1.54) is 0 Å². The molecule has 0 saturated carbocycles. The summed E-state index contributed by atoms with van der Waals surface area (Å²) in [5.74, 6) is -2.73. The first-order chi connectivity index (χ1) is 4.04. The summed E-state index contributed by atoms with van der Waals surface area (Å²) in [6, 6.07) is 0. The van der Waals surface area contributed by atoms with Crippen LogP contribution in [0.25, 0.3) is 0 Å². The molecule has 0 spiro atoms. The maximum Gasteiger partial charge on any atom is 1.00 e. The SMILES string of the molecule is C=C(CC(=O)[O-])C(=O)O.[K+]. The third-order valence-corrected chi connectivity index (χ3v) is 0.660. The number of hydrogen-bond acceptors (Lipinski definition) is 3. The fraction of sp³-hybridized carbons (Fsp3) is 0.200. The molecule has 4 nitrogen and oxygen atoms in total. The van der Waals surface area contributed by atoms with Gasteiger partial charge in [0.2, 0.25) is 0 Å². The van der Waals surface area contributed by atoms with Gasteiger partial charge in [0.05, 0.1) is 0 Å². The van der Waals surface area contributed by atoms with E-state index in [1.54, 1.807) is 0 Å². The fourth-order valence-corrected chi connectivity index (χ4v) is 0.250. The third kappa shape index (κ3) is 6.44. The van der Waals surface area contributed by atoms with Crippen LogP contribution in [0, 0.1) is 0 Å². The van der Waals surface area contributed by atoms with Crippen LogP contribution in [0.3, 0.4) is 0 Å². The smallest absolute Gasteiger partial charge is 0.550 e. The van der Waals surface area contributed by atoms with Crippen LogP contribution < -0.4 is 56.5 Å². The molecule has 0 aromatic heterocycles. The number of carbonyl (C=O) groups excluding carboxylic acids is 1. The van der Waals surface area contributed by atoms with Gasteiger partial charge >= 0.3 is 57.4 Å². The minimum atomic E-state index is -1.43. The Hall–Kier alpha value is 0.316. The van der Waals surface area contributed by atoms with Crippen molar-refractivity contribution in [3.63, 3.8) is 0 Å². The normalized spacial score (nSPS) is 7.60. The largest absolute Gasteiger partial charge is 1.00 e. The summed E-state index contributed by atoms with van der Waals surface area (Å²) in [7, 11) is 0. The molecule has 0 bridgehead atoms. The van der Waals surface area contributed by atoms with Gasteiger partial charge in [-0.2, -0.15) is 0 Å². The maximum atomic E-state index is 9.84. The van der Waals surface area contributed by atoms with Crippen molar-refractivity contribution in [3.8, 4) is 0 Å². The molecule has 0 aliphatic heterocycles. The second-order valence-corrected chi connectivity index (χ2v) is 1.46. The molecule has 0 aliphatic carbocycles. The van der Waals surface area contributed by atoms with Gasteiger partial charge in [-0.05, 0) is 0 Å². The molecule has 1 N–H and O–H groups in total. The topological polar surface area (TPSA) is 77.4 Å². The van der Waals surface area contributed by atoms with E-state index in [0.717, 1.165) is 0 Å². The van der Waals surface area contributed by atoms with Gasteiger partial charge < -0.3 is 15.0 Å². The number of carboxylic acid groups (broad SMARTS) is 2. The Labute approximate surface area is 100 Å². The standard InChI is InChI=1S/C5H6O4.K/c1-3(5(8)9)2-4(6)7;/h1-2H2,(H,6,7)(H,8,9);/q;+1/p-1. The Balaban J connectivity index is 0. The van der Waals surface area contributed by atoms with Crippen molar-refractivity contribution in [2.75, 3.05) is 0 Å². The van der Waals surface area contributed by atoms with Gasteiger partial charge in [0, 0.05) is 18.0 Å². The molecule has 0 aromatic rings. The van der Waals surface area contributed by atoms with E-state index in [1.807, 2.05) is 0 Å². The van der Waals surface area contributed by atoms with Gasteiger partial charge in [0.1, 0.15) is 0 Å². The van der Waals surface area contributed by atoms with Crippen molar-refractivity contribution in [3.05, 3.63) is 12.2 Å². The van der Waals surface area contributed by atoms with E-state index < -0.39 is 18.4 Å². The van der Waals surface area contributed by atoms with E-state index in [4.69, 9.17) is 5.11 Å². The van der Waals surface area contributed by atoms with E-state index in [0.29, 0.717) is 0 Å². The molecule has 0 radical (unpaired) electrons. The Kier molecular flexibility index (Phi) is 7.84. The van der Waals surface area contributed by atoms with Gasteiger partial charge in [-0.1, -0.05) is 6.58 Å². The summed E-state index contributed by atoms with van der Waals surface area (Å²) < 4.78 is 0. The molecule has 0 aliphatic rings. The maximum absolute atomic E-state index is 9.84. The molecule has 0 fully saturated rings. The predicted octanol–water partition coefficient (Wildman–Crippen LogP) is -4.23. The van der Waals surface area contributed by atoms with E-state index >= 15 is 0 Å². The number of rotatable bonds is 3. The molecule has 0 atom stereocenters. The van der Waals surface area contributed by atoms with Crippen molar-refractivity contribution in [1.29, 1.82) is 0 Å². The fourth-order valence-electron chi connectivity index (χ4n) is 0.250. The second-order valence-electron chi connectivity index (χ2n) is 1.46. The van der Waals surface area contributed by atoms with Crippen LogP contribution >= 0.6 is 0 Å². The molecule has 10 heavy (non-hydrogen) atoms. The Bertz CT molecular complexity index is 163. The first kappa shape index (κ1) is 12.9. The van der Waals surface area contributed by atoms with Crippen LogP contribution in [0.15, 0.2) is 12.2 Å². The van der Waals surface area contributed by atoms with Crippen molar-refractivity contribution in [2.24, 2.45) is 0 Å². The number of aliphatic carboxylic acids is 2. The third-order valence-electron chi connectivity index (χ3n) is 0.660. The molecule has 0 rings (SSSR count). The van der Waals surface area contributed by atoms with Crippen molar-refractivity contribution >= 4 is 11.9 Å². The number of carbonyl (C=O) groups is 2. The molecule has 50 valence electrons. The van der Waals surface area contributed by atoms with E-state index in [-0.39, 0.29) is 57.0 Å². The molecular formula is C5H5KO4. The van der Waals surface area contributed by atoms with Gasteiger partial charge in [0.15, 0.2) is 0 Å². The van der Waals surface area contributed by atoms with Gasteiger partial charge in [-0.25, -0.2) is 4.79 Å². The van der Waals surface area contributed by atoms with Crippen molar-refractivity contribution in [2.45, 2.75) is 6.42 Å². The van der Waals surface area contributed by atoms with Crippen molar-refractivity contribution < 1.29 is 71.2 Å². The van der Waals surface area contributed by atoms with Crippen LogP contribution in [0.5, 0.6) is 0 Å². The summed E-state index contributed by atoms with van der Waals surface area (Å²) in [5, 5.41) is 17.7. The predicted molar refractivity (Wildman–Crippen MR) is 26.4 cm³/mol. The van der Waals surface area contributed by atoms with Crippen molar-refractivity contribution in [1.82, 2.24) is 0 Å². The molecule has 0 amide bonds. The van der Waals surface area contributed by atoms with Crippen LogP contribution in [-0.2, 0) is 9.59 Å². The van der Waals surface area contributed by atoms with Crippen LogP contribution in [0.1, 0.15) is 6.42 Å². The number of hydrogen-bond donors (Lipinski definition) is 1. The Morgan fingerprint density at radius 2 is 1.90 bits per heavy atom. The molecular weight excluding hydrogens is 163 g/mol. The molecule has 0 heterocycles. The van der Waals surface area contributed by atoms with Crippen LogP contribution in [0.4, 0.5) is 0 Å². The van der Waals surface area contributed by atoms with Gasteiger partial charge in [-0.15, -0.1) is 0 Å². The first-order valence-corrected chi connectivity index (χ1v) is 2.15. The first-order valence-electron chi connectivity index (χ1n) is 2.15. The average molecular weight is 168 g/mol. The summed E-state index contributed by atoms with van der Waals surface area (Å²) in [6.07, 6.45) is -0.616. The summed E-state index contributed by atoms with van der Waals surface area (Å²) in [6.45, 7) is 2.97. The zero-order valence-corrected chi connectivity index (χ0v) is 8.71. The number of carboxylic acids is 2. The molecule has 0 saturated heterocycles. The minimum absolute atomic E-state index is 0. The van der Waals surface area contributed by atoms with Crippen LogP contribution in [0.2, 0.25) is 0 Å². The minimum Gasteiger partial charge on any atom is -0.550 e. The zero-order valence-electron chi connectivity index (χ0n) is 5.59. The summed E-state index contributed by atoms with van der Waals surface area (Å²) in [4.78, 5) is 19.5. The van der Waals surface area contributed by atoms with E-state index in [9.17, 15) is 14.7 Å². The quantitative estimate of drug-likeness (QED) is 0.342. The van der Waals surface area contributed by atoms with E-state index in [2.05, 4.69) is 6.58 Å². The van der Waals surface area contributed by atoms with Crippen LogP contribution in [-0.4, -0.2) is 17.0 Å². The molecule has 0 unspecified atom stereocenters. The average Bonchev–Trinajstić information content (AvgIpc) is 1.63. The Morgan fingerprint density at radius 3 is 2.00 bits per heavy atom. The summed E-state index contributed by atoms with van der Waals surface area (Å²) in [5.41, 5.74) is -0.366. The summed E-state index contributed by atoms with van der Waals surface area (Å²) >= 11 is 0. The second kappa shape index (κ2) is 6.05. The monoisotopic (exact) mass is 168 g/mol. The molecule has 0 aromatic carbocycles. The zero-order chi connectivity index (χ0) is 7.44. The molecule has 5 heteroatoms. The van der Waals surface area contributed by atoms with Gasteiger partial charge in [0.25, 0.3) is 0 Å².